The van der Waals surface area contributed by atoms with Crippen LogP contribution in [-0.4, -0.2) is 58.1 Å². The minimum atomic E-state index is -1.21. The Kier molecular flexibility index (Phi) is 6.73. The number of non-ortho nitro benzene ring substituents is 1. The lowest BCUT2D eigenvalue weighted by atomic mass is 9.95. The summed E-state index contributed by atoms with van der Waals surface area (Å²) in [4.78, 5) is 36.8. The van der Waals surface area contributed by atoms with E-state index in [0.29, 0.717) is 0 Å². The van der Waals surface area contributed by atoms with E-state index >= 15 is 0 Å². The van der Waals surface area contributed by atoms with Crippen LogP contribution in [0.5, 0.6) is 0 Å². The van der Waals surface area contributed by atoms with E-state index < -0.39 is 34.2 Å². The van der Waals surface area contributed by atoms with Gasteiger partial charge in [-0.3, -0.25) is 19.7 Å². The van der Waals surface area contributed by atoms with Crippen LogP contribution in [0, 0.1) is 15.9 Å². The number of aliphatic hydroxyl groups excluding tert-OH is 2. The van der Waals surface area contributed by atoms with E-state index in [4.69, 9.17) is 9.84 Å². The van der Waals surface area contributed by atoms with Crippen LogP contribution in [0.15, 0.2) is 54.1 Å². The molecule has 0 bridgehead atoms. The predicted octanol–water partition coefficient (Wildman–Crippen LogP) is 2.16. The minimum Gasteiger partial charge on any atom is -0.507 e. The van der Waals surface area contributed by atoms with Crippen molar-refractivity contribution in [2.24, 2.45) is 0 Å². The zero-order valence-corrected chi connectivity index (χ0v) is 16.2. The molecule has 1 amide bonds. The molecule has 0 spiro atoms. The van der Waals surface area contributed by atoms with Gasteiger partial charge < -0.3 is 19.8 Å². The van der Waals surface area contributed by atoms with Crippen LogP contribution in [-0.2, 0) is 14.3 Å². The highest BCUT2D eigenvalue weighted by Crippen LogP contribution is 2.40. The van der Waals surface area contributed by atoms with E-state index in [0.717, 1.165) is 17.0 Å². The number of ether oxygens (including phenoxy) is 1. The second kappa shape index (κ2) is 9.45. The fraction of sp³-hybridized carbons (Fsp3) is 0.238. The Bertz CT molecular complexity index is 1040. The third kappa shape index (κ3) is 4.44. The molecule has 2 aromatic rings. The largest absolute Gasteiger partial charge is 0.507 e. The number of aliphatic hydroxyl groups is 2. The fourth-order valence-corrected chi connectivity index (χ4v) is 3.36. The van der Waals surface area contributed by atoms with Crippen molar-refractivity contribution >= 4 is 23.1 Å². The third-order valence-electron chi connectivity index (χ3n) is 4.80. The Morgan fingerprint density at radius 1 is 1.13 bits per heavy atom. The Morgan fingerprint density at radius 2 is 1.81 bits per heavy atom. The number of rotatable bonds is 8. The number of carbonyl (C=O) groups excluding carboxylic acids is 2. The van der Waals surface area contributed by atoms with Crippen LogP contribution in [0.1, 0.15) is 17.2 Å². The topological polar surface area (TPSA) is 130 Å². The number of nitrogens with zero attached hydrogens (tertiary/aromatic N) is 2. The monoisotopic (exact) mass is 430 g/mol. The molecule has 1 heterocycles. The van der Waals surface area contributed by atoms with Crippen LogP contribution in [0.3, 0.4) is 0 Å². The van der Waals surface area contributed by atoms with Gasteiger partial charge in [0.1, 0.15) is 11.6 Å². The fourth-order valence-electron chi connectivity index (χ4n) is 3.36. The first kappa shape index (κ1) is 22.1. The van der Waals surface area contributed by atoms with Crippen molar-refractivity contribution in [1.29, 1.82) is 0 Å². The summed E-state index contributed by atoms with van der Waals surface area (Å²) in [5.74, 6) is -3.19. The van der Waals surface area contributed by atoms with Crippen LogP contribution in [0.25, 0.3) is 5.76 Å². The lowest BCUT2D eigenvalue weighted by molar-refractivity contribution is -0.384. The molecule has 1 aliphatic heterocycles. The van der Waals surface area contributed by atoms with Gasteiger partial charge in [-0.2, -0.15) is 0 Å². The number of benzene rings is 2. The number of amides is 1. The number of halogens is 1. The lowest BCUT2D eigenvalue weighted by Gasteiger charge is -2.25. The maximum atomic E-state index is 14.6. The number of likely N-dealkylation sites (tertiary alicyclic amines) is 1. The summed E-state index contributed by atoms with van der Waals surface area (Å²) in [6.07, 6.45) is 0. The molecule has 1 fully saturated rings. The van der Waals surface area contributed by atoms with Gasteiger partial charge in [-0.05, 0) is 18.2 Å². The Hall–Kier alpha value is -3.63. The van der Waals surface area contributed by atoms with E-state index in [9.17, 15) is 29.2 Å². The van der Waals surface area contributed by atoms with Crippen LogP contribution < -0.4 is 0 Å². The molecule has 10 heteroatoms. The van der Waals surface area contributed by atoms with E-state index in [-0.39, 0.29) is 48.8 Å². The summed E-state index contributed by atoms with van der Waals surface area (Å²) in [5, 5.41) is 30.5. The summed E-state index contributed by atoms with van der Waals surface area (Å²) in [6, 6.07) is 9.11. The Morgan fingerprint density at radius 3 is 2.42 bits per heavy atom. The van der Waals surface area contributed by atoms with Crippen molar-refractivity contribution in [2.45, 2.75) is 6.04 Å². The number of hydrogen-bond acceptors (Lipinski definition) is 7. The van der Waals surface area contributed by atoms with Gasteiger partial charge >= 0.3 is 0 Å². The molecule has 1 saturated heterocycles. The third-order valence-corrected chi connectivity index (χ3v) is 4.80. The SMILES string of the molecule is O=C1C(=O)N(CCOCCO)C(c2ccccc2F)/C1=C(/O)c1ccc([N+](=O)[O-])cc1. The molecular weight excluding hydrogens is 411 g/mol. The molecule has 162 valence electrons. The van der Waals surface area contributed by atoms with Crippen molar-refractivity contribution in [3.05, 3.63) is 81.2 Å². The zero-order chi connectivity index (χ0) is 22.5. The van der Waals surface area contributed by atoms with Gasteiger partial charge in [-0.15, -0.1) is 0 Å². The van der Waals surface area contributed by atoms with Gasteiger partial charge in [0.15, 0.2) is 0 Å². The molecule has 9 nitrogen and oxygen atoms in total. The van der Waals surface area contributed by atoms with Gasteiger partial charge in [0, 0.05) is 29.8 Å². The highest BCUT2D eigenvalue weighted by Gasteiger charge is 2.46. The molecule has 0 saturated carbocycles. The molecule has 3 rings (SSSR count). The molecule has 2 aromatic carbocycles. The maximum Gasteiger partial charge on any atom is 0.295 e. The van der Waals surface area contributed by atoms with Gasteiger partial charge in [0.25, 0.3) is 17.4 Å². The Labute approximate surface area is 176 Å². The number of hydrogen-bond donors (Lipinski definition) is 2. The summed E-state index contributed by atoms with van der Waals surface area (Å²) in [7, 11) is 0. The quantitative estimate of drug-likeness (QED) is 0.164. The van der Waals surface area contributed by atoms with Crippen molar-refractivity contribution in [2.75, 3.05) is 26.4 Å². The first-order valence-corrected chi connectivity index (χ1v) is 9.33. The average Bonchev–Trinajstić information content (AvgIpc) is 3.01. The molecule has 1 atom stereocenters. The number of ketones is 1. The molecule has 1 aliphatic rings. The molecule has 0 aliphatic carbocycles. The molecule has 2 N–H and O–H groups in total. The van der Waals surface area contributed by atoms with E-state index in [2.05, 4.69) is 0 Å². The van der Waals surface area contributed by atoms with Crippen LogP contribution >= 0.6 is 0 Å². The van der Waals surface area contributed by atoms with E-state index in [1.165, 1.54) is 36.4 Å². The molecule has 0 radical (unpaired) electrons. The normalized spacial score (nSPS) is 17.9. The van der Waals surface area contributed by atoms with Crippen molar-refractivity contribution in [3.8, 4) is 0 Å². The summed E-state index contributed by atoms with van der Waals surface area (Å²) < 4.78 is 19.8. The first-order chi connectivity index (χ1) is 14.9. The number of Topliss-reactive ketones (excluding diaryl/α,β-unsaturated/α-hetero) is 1. The highest BCUT2D eigenvalue weighted by molar-refractivity contribution is 6.46. The maximum absolute atomic E-state index is 14.6. The van der Waals surface area contributed by atoms with Crippen molar-refractivity contribution in [1.82, 2.24) is 4.90 Å². The molecule has 31 heavy (non-hydrogen) atoms. The average molecular weight is 430 g/mol. The summed E-state index contributed by atoms with van der Waals surface area (Å²) in [5.41, 5.74) is -0.469. The lowest BCUT2D eigenvalue weighted by Crippen LogP contribution is -2.33. The second-order valence-corrected chi connectivity index (χ2v) is 6.65. The van der Waals surface area contributed by atoms with Gasteiger partial charge in [-0.25, -0.2) is 4.39 Å². The van der Waals surface area contributed by atoms with Gasteiger partial charge in [0.05, 0.1) is 36.4 Å². The minimum absolute atomic E-state index is 0.00678. The van der Waals surface area contributed by atoms with Crippen LogP contribution in [0.2, 0.25) is 0 Å². The summed E-state index contributed by atoms with van der Waals surface area (Å²) >= 11 is 0. The van der Waals surface area contributed by atoms with Crippen LogP contribution in [0.4, 0.5) is 10.1 Å². The smallest absolute Gasteiger partial charge is 0.295 e. The number of carbonyl (C=O) groups is 2. The Balaban J connectivity index is 2.08. The molecule has 1 unspecified atom stereocenters. The van der Waals surface area contributed by atoms with E-state index in [1.807, 2.05) is 0 Å². The van der Waals surface area contributed by atoms with Gasteiger partial charge in [0.2, 0.25) is 0 Å². The number of nitro groups is 1. The van der Waals surface area contributed by atoms with Crippen molar-refractivity contribution in [3.63, 3.8) is 0 Å². The highest BCUT2D eigenvalue weighted by atomic mass is 19.1. The predicted molar refractivity (Wildman–Crippen MR) is 106 cm³/mol. The van der Waals surface area contributed by atoms with Crippen molar-refractivity contribution < 1.29 is 33.9 Å². The molecular formula is C21H19FN2O7. The second-order valence-electron chi connectivity index (χ2n) is 6.65. The summed E-state index contributed by atoms with van der Waals surface area (Å²) in [6.45, 7) is -0.302. The standard InChI is InChI=1S/C21H19FN2O7/c22-16-4-2-1-3-15(16)18-17(19(26)13-5-7-14(8-6-13)24(29)30)20(27)21(28)23(18)9-11-31-12-10-25/h1-8,18,25-26H,9-12H2/b19-17-. The number of nitro benzene ring substituents is 1. The molecule has 0 aromatic heterocycles. The first-order valence-electron chi connectivity index (χ1n) is 9.33. The zero-order valence-electron chi connectivity index (χ0n) is 16.2. The van der Waals surface area contributed by atoms with Gasteiger partial charge in [-0.1, -0.05) is 18.2 Å². The van der Waals surface area contributed by atoms with E-state index in [1.54, 1.807) is 0 Å².